The maximum Gasteiger partial charge on any atom is 0.573 e. The van der Waals surface area contributed by atoms with E-state index in [0.717, 1.165) is 0 Å². The number of aliphatic hydroxyl groups excluding tert-OH is 1. The summed E-state index contributed by atoms with van der Waals surface area (Å²) < 4.78 is 65.6. The number of hydrogen-bond acceptors (Lipinski definition) is 7. The lowest BCUT2D eigenvalue weighted by Crippen LogP contribution is -2.48. The first-order valence-electron chi connectivity index (χ1n) is 13.6. The summed E-state index contributed by atoms with van der Waals surface area (Å²) >= 11 is 0. The molecule has 2 N–H and O–H groups in total. The predicted octanol–water partition coefficient (Wildman–Crippen LogP) is 5.98. The number of halogens is 4. The average Bonchev–Trinajstić information content (AvgIpc) is 3.47. The lowest BCUT2D eigenvalue weighted by atomic mass is 10.1. The number of ketones is 1. The summed E-state index contributed by atoms with van der Waals surface area (Å²) in [4.78, 5) is 21.6. The summed E-state index contributed by atoms with van der Waals surface area (Å²) in [6.45, 7) is 10.2. The minimum atomic E-state index is -4.80. The first kappa shape index (κ1) is 31.6. The van der Waals surface area contributed by atoms with E-state index in [-0.39, 0.29) is 35.3 Å². The highest BCUT2D eigenvalue weighted by atomic mass is 28.4. The molecule has 1 aromatic carbocycles. The Balaban J connectivity index is 1.48. The van der Waals surface area contributed by atoms with Crippen LogP contribution >= 0.6 is 0 Å². The maximum absolute atomic E-state index is 15.8. The number of aromatic nitrogens is 3. The zero-order chi connectivity index (χ0) is 30.9. The molecule has 0 spiro atoms. The molecule has 1 fully saturated rings. The third-order valence-corrected chi connectivity index (χ3v) is 12.5. The second-order valence-corrected chi connectivity index (χ2v) is 16.9. The smallest absolute Gasteiger partial charge is 0.411 e. The van der Waals surface area contributed by atoms with Crippen molar-refractivity contribution in [2.24, 2.45) is 5.92 Å². The highest BCUT2D eigenvalue weighted by Gasteiger charge is 2.49. The Hall–Kier alpha value is -3.29. The fourth-order valence-corrected chi connectivity index (χ4v) is 6.10. The van der Waals surface area contributed by atoms with Gasteiger partial charge in [-0.3, -0.25) is 4.79 Å². The quantitative estimate of drug-likeness (QED) is 0.166. The van der Waals surface area contributed by atoms with Crippen LogP contribution in [0.4, 0.5) is 23.4 Å². The van der Waals surface area contributed by atoms with Crippen LogP contribution in [-0.4, -0.2) is 65.0 Å². The van der Waals surface area contributed by atoms with Gasteiger partial charge in [-0.15, -0.1) is 13.2 Å². The van der Waals surface area contributed by atoms with Crippen LogP contribution in [0.5, 0.6) is 5.75 Å². The number of hydrogen-bond donors (Lipinski definition) is 2. The molecule has 228 valence electrons. The number of nitrogens with zero attached hydrogens (tertiary/aromatic N) is 3. The molecule has 1 aliphatic rings. The topological polar surface area (TPSA) is 98.5 Å². The second kappa shape index (κ2) is 12.1. The van der Waals surface area contributed by atoms with Crippen LogP contribution in [0, 0.1) is 5.92 Å². The molecule has 4 rings (SSSR count). The third kappa shape index (κ3) is 7.37. The summed E-state index contributed by atoms with van der Waals surface area (Å²) in [6, 6.07) is 6.42. The van der Waals surface area contributed by atoms with E-state index in [1.165, 1.54) is 30.7 Å². The number of benzene rings is 1. The molecule has 0 amide bonds. The van der Waals surface area contributed by atoms with Gasteiger partial charge in [-0.2, -0.15) is 0 Å². The van der Waals surface area contributed by atoms with Gasteiger partial charge >= 0.3 is 6.36 Å². The average molecular weight is 609 g/mol. The van der Waals surface area contributed by atoms with Crippen molar-refractivity contribution in [3.8, 4) is 5.75 Å². The van der Waals surface area contributed by atoms with Crippen molar-refractivity contribution >= 4 is 19.9 Å². The van der Waals surface area contributed by atoms with Crippen molar-refractivity contribution in [3.63, 3.8) is 0 Å². The normalized spacial score (nSPS) is 21.4. The molecule has 13 heteroatoms. The molecule has 3 aromatic rings. The largest absolute Gasteiger partial charge is 0.573 e. The van der Waals surface area contributed by atoms with Crippen molar-refractivity contribution in [2.75, 3.05) is 11.9 Å². The number of carbonyl (C=O) groups excluding carboxylic acids is 1. The summed E-state index contributed by atoms with van der Waals surface area (Å²) in [7, 11) is -2.32. The molecule has 2 heterocycles. The number of nitrogens with one attached hydrogen (secondary N) is 1. The lowest BCUT2D eigenvalue weighted by Gasteiger charge is -2.40. The van der Waals surface area contributed by atoms with Crippen LogP contribution in [-0.2, 0) is 11.0 Å². The van der Waals surface area contributed by atoms with Crippen molar-refractivity contribution in [1.82, 2.24) is 14.5 Å². The Labute approximate surface area is 243 Å². The van der Waals surface area contributed by atoms with E-state index in [4.69, 9.17) is 4.43 Å². The van der Waals surface area contributed by atoms with Gasteiger partial charge in [0.15, 0.2) is 14.1 Å². The van der Waals surface area contributed by atoms with Gasteiger partial charge in [0, 0.05) is 43.2 Å². The van der Waals surface area contributed by atoms with Gasteiger partial charge in [0.25, 0.3) is 0 Å². The molecular formula is C29H36F4N4O4Si. The van der Waals surface area contributed by atoms with E-state index in [9.17, 15) is 23.1 Å². The summed E-state index contributed by atoms with van der Waals surface area (Å²) in [5, 5.41) is 12.9. The Bertz CT molecular complexity index is 1390. The molecule has 1 aliphatic carbocycles. The summed E-state index contributed by atoms with van der Waals surface area (Å²) in [5.41, 5.74) is 0.975. The fraction of sp³-hybridized carbons (Fsp3) is 0.483. The van der Waals surface area contributed by atoms with Gasteiger partial charge in [0.05, 0.1) is 17.7 Å². The molecule has 2 aromatic heterocycles. The Morgan fingerprint density at radius 2 is 1.95 bits per heavy atom. The first-order chi connectivity index (χ1) is 19.6. The van der Waals surface area contributed by atoms with Crippen LogP contribution in [0.25, 0.3) is 0 Å². The molecule has 0 radical (unpaired) electrons. The monoisotopic (exact) mass is 608 g/mol. The molecule has 0 saturated heterocycles. The first-order valence-corrected chi connectivity index (χ1v) is 16.5. The van der Waals surface area contributed by atoms with Gasteiger partial charge in [0.2, 0.25) is 0 Å². The van der Waals surface area contributed by atoms with Crippen LogP contribution in [0.2, 0.25) is 18.1 Å². The SMILES string of the molecule is CC(C)(C)[Si](C)(C)O[C@@H]1[C@@H](CO)C[C@@H](Nc2ncncc2C(=O)c2ccn(Cc3cccc(OC(F)(F)F)c3)c2)[C@H]1F. The van der Waals surface area contributed by atoms with Gasteiger partial charge in [-0.1, -0.05) is 32.9 Å². The number of aliphatic hydroxyl groups is 1. The Kier molecular flexibility index (Phi) is 9.14. The zero-order valence-corrected chi connectivity index (χ0v) is 25.2. The van der Waals surface area contributed by atoms with E-state index in [0.29, 0.717) is 17.5 Å². The van der Waals surface area contributed by atoms with Gasteiger partial charge in [-0.05, 0) is 48.3 Å². The lowest BCUT2D eigenvalue weighted by molar-refractivity contribution is -0.274. The Morgan fingerprint density at radius 1 is 1.21 bits per heavy atom. The van der Waals surface area contributed by atoms with E-state index in [2.05, 4.69) is 40.8 Å². The molecule has 4 atom stereocenters. The third-order valence-electron chi connectivity index (χ3n) is 7.98. The summed E-state index contributed by atoms with van der Waals surface area (Å²) in [5.74, 6) is -0.995. The zero-order valence-electron chi connectivity index (χ0n) is 24.2. The molecule has 8 nitrogen and oxygen atoms in total. The van der Waals surface area contributed by atoms with E-state index in [1.807, 2.05) is 13.1 Å². The fourth-order valence-electron chi connectivity index (χ4n) is 4.74. The van der Waals surface area contributed by atoms with E-state index in [1.54, 1.807) is 29.1 Å². The van der Waals surface area contributed by atoms with Crippen LogP contribution < -0.4 is 10.1 Å². The van der Waals surface area contributed by atoms with E-state index < -0.39 is 44.7 Å². The standard InChI is InChI=1S/C29H36F4N4O4Si/c1-28(2,3)42(4,5)41-26-20(16-38)12-23(24(26)30)36-27-22(13-34-17-35-27)25(39)19-9-10-37(15-19)14-18-7-6-8-21(11-18)40-29(31,32)33/h6-11,13,15,17,20,23-24,26,38H,12,14,16H2,1-5H3,(H,34,35,36)/t20-,23-,24-,26-/m1/s1. The number of alkyl halides is 4. The van der Waals surface area contributed by atoms with Crippen molar-refractivity contribution in [2.45, 2.75) is 76.5 Å². The van der Waals surface area contributed by atoms with Crippen molar-refractivity contribution < 1.29 is 36.6 Å². The summed E-state index contributed by atoms with van der Waals surface area (Å²) in [6.07, 6.45) is -0.928. The molecule has 0 aliphatic heterocycles. The van der Waals surface area contributed by atoms with Gasteiger partial charge in [0.1, 0.15) is 24.1 Å². The van der Waals surface area contributed by atoms with Crippen LogP contribution in [0.1, 0.15) is 48.7 Å². The Morgan fingerprint density at radius 3 is 2.62 bits per heavy atom. The number of anilines is 1. The van der Waals surface area contributed by atoms with Gasteiger partial charge in [-0.25, -0.2) is 14.4 Å². The molecule has 0 bridgehead atoms. The van der Waals surface area contributed by atoms with Crippen molar-refractivity contribution in [3.05, 3.63) is 71.9 Å². The molecule has 0 unspecified atom stereocenters. The van der Waals surface area contributed by atoms with Crippen LogP contribution in [0.15, 0.2) is 55.2 Å². The predicted molar refractivity (Wildman–Crippen MR) is 152 cm³/mol. The number of rotatable bonds is 10. The number of carbonyl (C=O) groups is 1. The molecule has 1 saturated carbocycles. The molecular weight excluding hydrogens is 572 g/mol. The van der Waals surface area contributed by atoms with E-state index >= 15 is 4.39 Å². The highest BCUT2D eigenvalue weighted by molar-refractivity contribution is 6.74. The second-order valence-electron chi connectivity index (χ2n) is 12.1. The van der Waals surface area contributed by atoms with Gasteiger partial charge < -0.3 is 24.2 Å². The van der Waals surface area contributed by atoms with Crippen LogP contribution in [0.3, 0.4) is 0 Å². The van der Waals surface area contributed by atoms with Crippen molar-refractivity contribution in [1.29, 1.82) is 0 Å². The number of ether oxygens (including phenoxy) is 1. The minimum absolute atomic E-state index is 0.136. The highest BCUT2D eigenvalue weighted by Crippen LogP contribution is 2.42. The maximum atomic E-state index is 15.8. The minimum Gasteiger partial charge on any atom is -0.411 e. The molecule has 42 heavy (non-hydrogen) atoms.